The van der Waals surface area contributed by atoms with Gasteiger partial charge < -0.3 is 15.3 Å². The van der Waals surface area contributed by atoms with Crippen LogP contribution in [0.2, 0.25) is 0 Å². The Balaban J connectivity index is 1.38. The molecule has 1 aliphatic heterocycles. The second kappa shape index (κ2) is 7.19. The van der Waals surface area contributed by atoms with Crippen molar-refractivity contribution in [1.82, 2.24) is 5.32 Å². The second-order valence-electron chi connectivity index (χ2n) is 10.7. The highest BCUT2D eigenvalue weighted by molar-refractivity contribution is 5.87. The number of fused-ring (bicyclic) bond motifs is 5. The van der Waals surface area contributed by atoms with Crippen molar-refractivity contribution in [2.24, 2.45) is 39.7 Å². The summed E-state index contributed by atoms with van der Waals surface area (Å²) in [5.41, 5.74) is 2.21. The first-order chi connectivity index (χ1) is 14.0. The molecular formula is C24H36N2O3. The summed E-state index contributed by atoms with van der Waals surface area (Å²) < 4.78 is 0. The maximum absolute atomic E-state index is 12.6. The molecule has 0 radical (unpaired) electrons. The highest BCUT2D eigenvalue weighted by Crippen LogP contribution is 2.66. The number of nitrogens with zero attached hydrogens (tertiary/aromatic N) is 1. The largest absolute Gasteiger partial charge is 0.396 e. The smallest absolute Gasteiger partial charge is 0.141 e. The second-order valence-corrected chi connectivity index (χ2v) is 10.7. The summed E-state index contributed by atoms with van der Waals surface area (Å²) in [6.07, 6.45) is 8.85. The van der Waals surface area contributed by atoms with Gasteiger partial charge in [0.2, 0.25) is 0 Å². The monoisotopic (exact) mass is 400 g/mol. The summed E-state index contributed by atoms with van der Waals surface area (Å²) in [7, 11) is 0. The predicted molar refractivity (Wildman–Crippen MR) is 112 cm³/mol. The van der Waals surface area contributed by atoms with Gasteiger partial charge in [-0.3, -0.25) is 4.79 Å². The zero-order chi connectivity index (χ0) is 20.2. The number of aliphatic hydroxyl groups excluding tert-OH is 1. The third-order valence-electron chi connectivity index (χ3n) is 9.53. The fourth-order valence-electron chi connectivity index (χ4n) is 7.85. The van der Waals surface area contributed by atoms with Crippen LogP contribution in [0, 0.1) is 34.5 Å². The van der Waals surface area contributed by atoms with Crippen molar-refractivity contribution >= 4 is 11.5 Å². The van der Waals surface area contributed by atoms with Crippen molar-refractivity contribution in [3.05, 3.63) is 12.2 Å². The van der Waals surface area contributed by atoms with Crippen molar-refractivity contribution in [2.45, 2.75) is 70.8 Å². The molecule has 4 saturated carbocycles. The number of carbonyl (C=O) groups excluding carboxylic acids is 1. The molecule has 0 aromatic heterocycles. The Morgan fingerprint density at radius 2 is 2.07 bits per heavy atom. The van der Waals surface area contributed by atoms with Crippen LogP contribution >= 0.6 is 0 Å². The lowest BCUT2D eigenvalue weighted by atomic mass is 9.44. The number of aliphatic hydroxyl groups is 1. The molecule has 0 aromatic carbocycles. The Morgan fingerprint density at radius 3 is 2.83 bits per heavy atom. The highest BCUT2D eigenvalue weighted by atomic mass is 16.6. The molecule has 7 atom stereocenters. The van der Waals surface area contributed by atoms with Gasteiger partial charge in [0.25, 0.3) is 0 Å². The van der Waals surface area contributed by atoms with Gasteiger partial charge in [-0.15, -0.1) is 0 Å². The molecular weight excluding hydrogens is 364 g/mol. The summed E-state index contributed by atoms with van der Waals surface area (Å²) >= 11 is 0. The average Bonchev–Trinajstić information content (AvgIpc) is 3.35. The molecule has 160 valence electrons. The zero-order valence-electron chi connectivity index (χ0n) is 17.8. The standard InChI is InChI=1S/C24H36N2O3/c1-15-11-18-19-3-4-22(28)23(19,2)8-6-20(18)24(14-27)9-5-16(12-21(15)24)26-29-17-7-10-25-13-17/h17-21,25,27H,1,3-14H2,2H3. The van der Waals surface area contributed by atoms with Crippen LogP contribution < -0.4 is 5.32 Å². The number of carbonyl (C=O) groups is 1. The van der Waals surface area contributed by atoms with Crippen LogP contribution in [0.3, 0.4) is 0 Å². The van der Waals surface area contributed by atoms with Gasteiger partial charge >= 0.3 is 0 Å². The molecule has 0 bridgehead atoms. The van der Waals surface area contributed by atoms with Crippen LogP contribution in [0.15, 0.2) is 17.3 Å². The molecule has 7 unspecified atom stereocenters. The van der Waals surface area contributed by atoms with Gasteiger partial charge in [0.1, 0.15) is 11.9 Å². The Morgan fingerprint density at radius 1 is 1.21 bits per heavy atom. The molecule has 2 N–H and O–H groups in total. The first kappa shape index (κ1) is 19.7. The first-order valence-corrected chi connectivity index (χ1v) is 11.7. The predicted octanol–water partition coefficient (Wildman–Crippen LogP) is 3.47. The lowest BCUT2D eigenvalue weighted by Gasteiger charge is -2.60. The lowest BCUT2D eigenvalue weighted by Crippen LogP contribution is -2.57. The van der Waals surface area contributed by atoms with Crippen LogP contribution in [0.5, 0.6) is 0 Å². The number of oxime groups is 1. The molecule has 4 aliphatic carbocycles. The molecule has 5 fully saturated rings. The van der Waals surface area contributed by atoms with E-state index in [-0.39, 0.29) is 23.5 Å². The van der Waals surface area contributed by atoms with Crippen molar-refractivity contribution < 1.29 is 14.7 Å². The van der Waals surface area contributed by atoms with Crippen molar-refractivity contribution in [1.29, 1.82) is 0 Å². The van der Waals surface area contributed by atoms with E-state index in [0.717, 1.165) is 76.6 Å². The minimum atomic E-state index is -0.130. The quantitative estimate of drug-likeness (QED) is 0.562. The molecule has 5 rings (SSSR count). The molecule has 29 heavy (non-hydrogen) atoms. The number of ketones is 1. The molecule has 5 nitrogen and oxygen atoms in total. The first-order valence-electron chi connectivity index (χ1n) is 11.7. The van der Waals surface area contributed by atoms with Crippen molar-refractivity contribution in [3.8, 4) is 0 Å². The van der Waals surface area contributed by atoms with Crippen molar-refractivity contribution in [2.75, 3.05) is 19.7 Å². The topological polar surface area (TPSA) is 70.9 Å². The van der Waals surface area contributed by atoms with Crippen LogP contribution in [-0.2, 0) is 9.63 Å². The van der Waals surface area contributed by atoms with Crippen LogP contribution in [0.4, 0.5) is 0 Å². The third kappa shape index (κ3) is 2.95. The van der Waals surface area contributed by atoms with Gasteiger partial charge in [-0.05, 0) is 75.2 Å². The number of nitrogens with one attached hydrogen (secondary N) is 1. The average molecular weight is 401 g/mol. The molecule has 5 aliphatic rings. The molecule has 0 aromatic rings. The fraction of sp³-hybridized carbons (Fsp3) is 0.833. The van der Waals surface area contributed by atoms with E-state index in [1.54, 1.807) is 0 Å². The van der Waals surface area contributed by atoms with E-state index in [2.05, 4.69) is 24.0 Å². The van der Waals surface area contributed by atoms with Crippen LogP contribution in [0.1, 0.15) is 64.7 Å². The van der Waals surface area contributed by atoms with E-state index in [9.17, 15) is 9.90 Å². The van der Waals surface area contributed by atoms with Gasteiger partial charge in [-0.1, -0.05) is 24.2 Å². The van der Waals surface area contributed by atoms with E-state index in [4.69, 9.17) is 4.84 Å². The van der Waals surface area contributed by atoms with Gasteiger partial charge in [-0.2, -0.15) is 0 Å². The van der Waals surface area contributed by atoms with E-state index < -0.39 is 0 Å². The third-order valence-corrected chi connectivity index (χ3v) is 9.53. The molecule has 1 saturated heterocycles. The lowest BCUT2D eigenvalue weighted by molar-refractivity contribution is -0.138. The maximum atomic E-state index is 12.6. The Kier molecular flexibility index (Phi) is 4.90. The summed E-state index contributed by atoms with van der Waals surface area (Å²) in [4.78, 5) is 18.4. The fourth-order valence-corrected chi connectivity index (χ4v) is 7.85. The van der Waals surface area contributed by atoms with Crippen LogP contribution in [0.25, 0.3) is 0 Å². The minimum Gasteiger partial charge on any atom is -0.396 e. The number of Topliss-reactive ketones (excluding diaryl/α,β-unsaturated/α-hetero) is 1. The summed E-state index contributed by atoms with van der Waals surface area (Å²) in [5, 5.41) is 18.6. The van der Waals surface area contributed by atoms with Gasteiger partial charge in [0.15, 0.2) is 0 Å². The Labute approximate surface area is 174 Å². The summed E-state index contributed by atoms with van der Waals surface area (Å²) in [6.45, 7) is 8.85. The van der Waals surface area contributed by atoms with Crippen molar-refractivity contribution in [3.63, 3.8) is 0 Å². The number of allylic oxidation sites excluding steroid dienone is 1. The molecule has 5 heteroatoms. The number of hydrogen-bond acceptors (Lipinski definition) is 5. The van der Waals surface area contributed by atoms with E-state index >= 15 is 0 Å². The van der Waals surface area contributed by atoms with E-state index in [0.29, 0.717) is 29.5 Å². The van der Waals surface area contributed by atoms with Gasteiger partial charge in [0, 0.05) is 36.8 Å². The van der Waals surface area contributed by atoms with Gasteiger partial charge in [-0.25, -0.2) is 0 Å². The Hall–Kier alpha value is -1.20. The Bertz CT molecular complexity index is 728. The normalized spacial score (nSPS) is 48.3. The maximum Gasteiger partial charge on any atom is 0.141 e. The van der Waals surface area contributed by atoms with E-state index in [1.165, 1.54) is 5.57 Å². The SMILES string of the molecule is C=C1CC2C3CCC(=O)C3(C)CCC2C2(CO)CCC(=NOC3CCNC3)CC12. The van der Waals surface area contributed by atoms with Crippen LogP contribution in [-0.4, -0.2) is 42.4 Å². The minimum absolute atomic E-state index is 0.0824. The molecule has 1 heterocycles. The number of rotatable bonds is 3. The zero-order valence-corrected chi connectivity index (χ0v) is 17.8. The summed E-state index contributed by atoms with van der Waals surface area (Å²) in [6, 6.07) is 0. The van der Waals surface area contributed by atoms with E-state index in [1.807, 2.05) is 0 Å². The highest BCUT2D eigenvalue weighted by Gasteiger charge is 2.62. The molecule has 0 amide bonds. The molecule has 0 spiro atoms. The number of hydrogen-bond donors (Lipinski definition) is 2. The summed E-state index contributed by atoms with van der Waals surface area (Å²) in [5.74, 6) is 2.27. The van der Waals surface area contributed by atoms with Gasteiger partial charge in [0.05, 0.1) is 5.71 Å².